The lowest BCUT2D eigenvalue weighted by Gasteiger charge is -2.29. The maximum Gasteiger partial charge on any atom is 0.246 e. The number of halogens is 1. The van der Waals surface area contributed by atoms with Crippen LogP contribution in [-0.4, -0.2) is 26.0 Å². The van der Waals surface area contributed by atoms with Crippen molar-refractivity contribution in [2.24, 2.45) is 0 Å². The molecule has 0 saturated heterocycles. The number of nitrogens with one attached hydrogen (secondary N) is 2. The number of hydrogen-bond acceptors (Lipinski definition) is 3. The largest absolute Gasteiger partial charge is 0.366 e. The standard InChI is InChI=1S/C15H18ClN3O/c1-9-3-5-19(6-4-9)13-8-12-10(7-11(13)16)14(17-2)15(20)18-12/h3,7-8,14,17H,4-6H2,1-2H3,(H,18,20). The topological polar surface area (TPSA) is 44.4 Å². The number of carbonyl (C=O) groups excluding carboxylic acids is 1. The molecule has 2 aliphatic rings. The first-order chi connectivity index (χ1) is 9.60. The molecular weight excluding hydrogens is 274 g/mol. The van der Waals surface area contributed by atoms with Gasteiger partial charge in [0.1, 0.15) is 6.04 Å². The molecular formula is C15H18ClN3O. The normalized spacial score (nSPS) is 21.6. The average Bonchev–Trinajstić information content (AvgIpc) is 2.73. The van der Waals surface area contributed by atoms with Crippen molar-refractivity contribution in [3.8, 4) is 0 Å². The molecule has 0 radical (unpaired) electrons. The Kier molecular flexibility index (Phi) is 3.44. The minimum absolute atomic E-state index is 0.0231. The second-order valence-corrected chi connectivity index (χ2v) is 5.76. The number of likely N-dealkylation sites (N-methyl/N-ethyl adjacent to an activating group) is 1. The van der Waals surface area contributed by atoms with Crippen LogP contribution >= 0.6 is 11.6 Å². The lowest BCUT2D eigenvalue weighted by atomic mass is 10.1. The lowest BCUT2D eigenvalue weighted by molar-refractivity contribution is -0.117. The first-order valence-electron chi connectivity index (χ1n) is 6.82. The molecule has 0 fully saturated rings. The number of nitrogens with zero attached hydrogens (tertiary/aromatic N) is 1. The molecule has 20 heavy (non-hydrogen) atoms. The van der Waals surface area contributed by atoms with Gasteiger partial charge >= 0.3 is 0 Å². The number of rotatable bonds is 2. The molecule has 2 N–H and O–H groups in total. The maximum atomic E-state index is 11.9. The number of hydrogen-bond donors (Lipinski definition) is 2. The minimum Gasteiger partial charge on any atom is -0.366 e. The summed E-state index contributed by atoms with van der Waals surface area (Å²) in [7, 11) is 1.78. The van der Waals surface area contributed by atoms with Gasteiger partial charge in [0.2, 0.25) is 5.91 Å². The average molecular weight is 292 g/mol. The van der Waals surface area contributed by atoms with Gasteiger partial charge in [0.25, 0.3) is 0 Å². The molecule has 2 heterocycles. The first kappa shape index (κ1) is 13.5. The highest BCUT2D eigenvalue weighted by Crippen LogP contribution is 2.39. The highest BCUT2D eigenvalue weighted by Gasteiger charge is 2.30. The molecule has 1 aromatic rings. The SMILES string of the molecule is CNC1C(=O)Nc2cc(N3CC=C(C)CC3)c(Cl)cc21. The Balaban J connectivity index is 1.96. The summed E-state index contributed by atoms with van der Waals surface area (Å²) in [5.41, 5.74) is 4.20. The lowest BCUT2D eigenvalue weighted by Crippen LogP contribution is -2.28. The van der Waals surface area contributed by atoms with Gasteiger partial charge < -0.3 is 15.5 Å². The summed E-state index contributed by atoms with van der Waals surface area (Å²) in [6.07, 6.45) is 3.28. The predicted octanol–water partition coefficient (Wildman–Crippen LogP) is 2.71. The quantitative estimate of drug-likeness (QED) is 0.824. The van der Waals surface area contributed by atoms with E-state index in [0.29, 0.717) is 5.02 Å². The molecule has 1 aromatic carbocycles. The Bertz CT molecular complexity index is 597. The van der Waals surface area contributed by atoms with Crippen molar-refractivity contribution in [1.29, 1.82) is 0 Å². The summed E-state index contributed by atoms with van der Waals surface area (Å²) in [6.45, 7) is 3.98. The third-order valence-corrected chi connectivity index (χ3v) is 4.32. The summed E-state index contributed by atoms with van der Waals surface area (Å²) < 4.78 is 0. The molecule has 1 amide bonds. The molecule has 1 unspecified atom stereocenters. The number of benzene rings is 1. The van der Waals surface area contributed by atoms with Crippen molar-refractivity contribution >= 4 is 28.9 Å². The minimum atomic E-state index is -0.306. The van der Waals surface area contributed by atoms with Crippen molar-refractivity contribution in [2.75, 3.05) is 30.4 Å². The van der Waals surface area contributed by atoms with E-state index in [4.69, 9.17) is 11.6 Å². The van der Waals surface area contributed by atoms with E-state index in [9.17, 15) is 4.79 Å². The highest BCUT2D eigenvalue weighted by atomic mass is 35.5. The number of fused-ring (bicyclic) bond motifs is 1. The zero-order valence-corrected chi connectivity index (χ0v) is 12.4. The molecule has 0 bridgehead atoms. The van der Waals surface area contributed by atoms with E-state index in [0.717, 1.165) is 36.4 Å². The van der Waals surface area contributed by atoms with Gasteiger partial charge in [-0.1, -0.05) is 23.3 Å². The van der Waals surface area contributed by atoms with Crippen molar-refractivity contribution in [3.63, 3.8) is 0 Å². The van der Waals surface area contributed by atoms with Crippen LogP contribution in [0.25, 0.3) is 0 Å². The monoisotopic (exact) mass is 291 g/mol. The van der Waals surface area contributed by atoms with Crippen LogP contribution < -0.4 is 15.5 Å². The highest BCUT2D eigenvalue weighted by molar-refractivity contribution is 6.33. The number of anilines is 2. The van der Waals surface area contributed by atoms with Crippen LogP contribution in [0.2, 0.25) is 5.02 Å². The van der Waals surface area contributed by atoms with Gasteiger partial charge in [-0.25, -0.2) is 0 Å². The van der Waals surface area contributed by atoms with E-state index in [-0.39, 0.29) is 11.9 Å². The van der Waals surface area contributed by atoms with E-state index >= 15 is 0 Å². The molecule has 106 valence electrons. The van der Waals surface area contributed by atoms with Crippen molar-refractivity contribution in [3.05, 3.63) is 34.4 Å². The van der Waals surface area contributed by atoms with Crippen LogP contribution in [0.15, 0.2) is 23.8 Å². The van der Waals surface area contributed by atoms with Crippen LogP contribution in [0, 0.1) is 0 Å². The first-order valence-corrected chi connectivity index (χ1v) is 7.20. The third-order valence-electron chi connectivity index (χ3n) is 4.02. The fourth-order valence-corrected chi connectivity index (χ4v) is 3.08. The van der Waals surface area contributed by atoms with Crippen LogP contribution in [0.5, 0.6) is 0 Å². The predicted molar refractivity (Wildman–Crippen MR) is 82.5 cm³/mol. The smallest absolute Gasteiger partial charge is 0.246 e. The molecule has 2 aliphatic heterocycles. The van der Waals surface area contributed by atoms with Crippen LogP contribution in [0.3, 0.4) is 0 Å². The van der Waals surface area contributed by atoms with Gasteiger partial charge in [-0.2, -0.15) is 0 Å². The van der Waals surface area contributed by atoms with E-state index in [1.807, 2.05) is 12.1 Å². The molecule has 5 heteroatoms. The Hall–Kier alpha value is -1.52. The molecule has 0 aromatic heterocycles. The third kappa shape index (κ3) is 2.19. The van der Waals surface area contributed by atoms with Crippen molar-refractivity contribution in [1.82, 2.24) is 5.32 Å². The zero-order chi connectivity index (χ0) is 14.3. The van der Waals surface area contributed by atoms with Gasteiger partial charge in [-0.3, -0.25) is 4.79 Å². The molecule has 0 saturated carbocycles. The summed E-state index contributed by atoms with van der Waals surface area (Å²) in [6, 6.07) is 3.58. The Morgan fingerprint density at radius 2 is 2.25 bits per heavy atom. The Labute approximate surface area is 123 Å². The molecule has 3 rings (SSSR count). The molecule has 4 nitrogen and oxygen atoms in total. The van der Waals surface area contributed by atoms with Gasteiger partial charge in [-0.15, -0.1) is 0 Å². The fourth-order valence-electron chi connectivity index (χ4n) is 2.79. The maximum absolute atomic E-state index is 11.9. The second kappa shape index (κ2) is 5.11. The summed E-state index contributed by atoms with van der Waals surface area (Å²) in [5, 5.41) is 6.62. The van der Waals surface area contributed by atoms with Crippen LogP contribution in [-0.2, 0) is 4.79 Å². The number of amides is 1. The van der Waals surface area contributed by atoms with Crippen molar-refractivity contribution in [2.45, 2.75) is 19.4 Å². The second-order valence-electron chi connectivity index (χ2n) is 5.35. The fraction of sp³-hybridized carbons (Fsp3) is 0.400. The summed E-state index contributed by atoms with van der Waals surface area (Å²) in [4.78, 5) is 14.1. The molecule has 0 spiro atoms. The van der Waals surface area contributed by atoms with E-state index in [2.05, 4.69) is 28.5 Å². The number of carbonyl (C=O) groups is 1. The molecule has 1 atom stereocenters. The van der Waals surface area contributed by atoms with E-state index in [1.54, 1.807) is 7.05 Å². The molecule has 0 aliphatic carbocycles. The van der Waals surface area contributed by atoms with Gasteiger partial charge in [0.15, 0.2) is 0 Å². The van der Waals surface area contributed by atoms with E-state index in [1.165, 1.54) is 5.57 Å². The van der Waals surface area contributed by atoms with Gasteiger partial charge in [0, 0.05) is 24.3 Å². The van der Waals surface area contributed by atoms with E-state index < -0.39 is 0 Å². The van der Waals surface area contributed by atoms with Gasteiger partial charge in [0.05, 0.1) is 10.7 Å². The van der Waals surface area contributed by atoms with Gasteiger partial charge in [-0.05, 0) is 32.5 Å². The van der Waals surface area contributed by atoms with Crippen molar-refractivity contribution < 1.29 is 4.79 Å². The summed E-state index contributed by atoms with van der Waals surface area (Å²) in [5.74, 6) is -0.0231. The Morgan fingerprint density at radius 1 is 1.45 bits per heavy atom. The van der Waals surface area contributed by atoms with Crippen LogP contribution in [0.1, 0.15) is 24.9 Å². The Morgan fingerprint density at radius 3 is 2.90 bits per heavy atom. The van der Waals surface area contributed by atoms with Crippen LogP contribution in [0.4, 0.5) is 11.4 Å². The zero-order valence-electron chi connectivity index (χ0n) is 11.7. The summed E-state index contributed by atoms with van der Waals surface area (Å²) >= 11 is 6.42.